The van der Waals surface area contributed by atoms with Crippen molar-refractivity contribution < 1.29 is 9.59 Å². The van der Waals surface area contributed by atoms with Crippen molar-refractivity contribution in [1.82, 2.24) is 28.8 Å². The summed E-state index contributed by atoms with van der Waals surface area (Å²) in [4.78, 5) is 39.3. The number of carbonyl (C=O) groups excluding carboxylic acids is 2. The second-order valence-electron chi connectivity index (χ2n) is 6.81. The van der Waals surface area contributed by atoms with Crippen molar-refractivity contribution in [3.05, 3.63) is 48.1 Å². The number of aromatic nitrogens is 5. The number of imidazole rings is 2. The number of amides is 2. The summed E-state index contributed by atoms with van der Waals surface area (Å²) in [5, 5.41) is 0. The van der Waals surface area contributed by atoms with Crippen LogP contribution in [0.3, 0.4) is 0 Å². The van der Waals surface area contributed by atoms with E-state index in [2.05, 4.69) is 15.0 Å². The third kappa shape index (κ3) is 3.16. The number of aryl methyl sites for hydroxylation is 1. The Balaban J connectivity index is 1.60. The lowest BCUT2D eigenvalue weighted by Gasteiger charge is -2.32. The monoisotopic (exact) mass is 367 g/mol. The van der Waals surface area contributed by atoms with Gasteiger partial charge in [-0.25, -0.2) is 15.0 Å². The van der Waals surface area contributed by atoms with E-state index in [1.807, 2.05) is 11.8 Å². The lowest BCUT2D eigenvalue weighted by atomic mass is 9.96. The van der Waals surface area contributed by atoms with Crippen molar-refractivity contribution in [2.24, 2.45) is 5.73 Å². The zero-order valence-corrected chi connectivity index (χ0v) is 15.1. The minimum atomic E-state index is -0.410. The lowest BCUT2D eigenvalue weighted by molar-refractivity contribution is -0.118. The van der Waals surface area contributed by atoms with Crippen molar-refractivity contribution in [1.29, 1.82) is 0 Å². The van der Waals surface area contributed by atoms with Gasteiger partial charge in [-0.1, -0.05) is 0 Å². The number of fused-ring (bicyclic) bond motifs is 1. The van der Waals surface area contributed by atoms with Crippen molar-refractivity contribution in [2.45, 2.75) is 32.2 Å². The van der Waals surface area contributed by atoms with Gasteiger partial charge in [-0.2, -0.15) is 0 Å². The summed E-state index contributed by atoms with van der Waals surface area (Å²) >= 11 is 0. The van der Waals surface area contributed by atoms with Crippen molar-refractivity contribution >= 4 is 17.6 Å². The fraction of sp³-hybridized carbons (Fsp3) is 0.389. The van der Waals surface area contributed by atoms with E-state index in [-0.39, 0.29) is 18.4 Å². The smallest absolute Gasteiger partial charge is 0.272 e. The van der Waals surface area contributed by atoms with Crippen LogP contribution < -0.4 is 5.73 Å². The average Bonchev–Trinajstić information content (AvgIpc) is 3.24. The molecule has 1 saturated heterocycles. The zero-order chi connectivity index (χ0) is 19.0. The molecule has 0 spiro atoms. The Labute approximate surface area is 155 Å². The first-order valence-corrected chi connectivity index (χ1v) is 8.93. The number of hydrogen-bond donors (Lipinski definition) is 1. The number of piperidine rings is 1. The third-order valence-corrected chi connectivity index (χ3v) is 4.93. The van der Waals surface area contributed by atoms with Gasteiger partial charge in [0.1, 0.15) is 18.1 Å². The third-order valence-electron chi connectivity index (χ3n) is 4.93. The van der Waals surface area contributed by atoms with Crippen LogP contribution in [0.4, 0.5) is 0 Å². The van der Waals surface area contributed by atoms with Crippen LogP contribution in [0.1, 0.15) is 40.8 Å². The molecule has 9 heteroatoms. The molecule has 1 fully saturated rings. The number of rotatable bonds is 4. The molecule has 4 heterocycles. The highest BCUT2D eigenvalue weighted by Gasteiger charge is 2.30. The molecule has 0 aromatic carbocycles. The number of hydrogen-bond acceptors (Lipinski definition) is 5. The molecule has 0 unspecified atom stereocenters. The number of likely N-dealkylation sites (tertiary alicyclic amines) is 1. The Morgan fingerprint density at radius 1 is 1.26 bits per heavy atom. The highest BCUT2D eigenvalue weighted by atomic mass is 16.2. The van der Waals surface area contributed by atoms with Crippen LogP contribution in [0.2, 0.25) is 0 Å². The first kappa shape index (κ1) is 17.2. The zero-order valence-electron chi connectivity index (χ0n) is 15.1. The number of nitrogens with two attached hydrogens (primary N) is 1. The lowest BCUT2D eigenvalue weighted by Crippen LogP contribution is -2.40. The Morgan fingerprint density at radius 3 is 2.93 bits per heavy atom. The highest BCUT2D eigenvalue weighted by Crippen LogP contribution is 2.27. The van der Waals surface area contributed by atoms with Gasteiger partial charge in [0.25, 0.3) is 5.91 Å². The van der Waals surface area contributed by atoms with Crippen LogP contribution in [-0.4, -0.2) is 53.7 Å². The number of carbonyl (C=O) groups is 2. The number of nitrogens with zero attached hydrogens (tertiary/aromatic N) is 6. The molecule has 4 rings (SSSR count). The van der Waals surface area contributed by atoms with Crippen LogP contribution in [0.25, 0.3) is 5.78 Å². The van der Waals surface area contributed by atoms with Gasteiger partial charge in [0, 0.05) is 43.8 Å². The molecule has 9 nitrogen and oxygen atoms in total. The number of primary amides is 1. The predicted molar refractivity (Wildman–Crippen MR) is 97.0 cm³/mol. The van der Waals surface area contributed by atoms with Crippen LogP contribution in [-0.2, 0) is 11.3 Å². The van der Waals surface area contributed by atoms with Gasteiger partial charge in [0.05, 0.1) is 5.69 Å². The molecule has 27 heavy (non-hydrogen) atoms. The maximum Gasteiger partial charge on any atom is 0.272 e. The average molecular weight is 367 g/mol. The summed E-state index contributed by atoms with van der Waals surface area (Å²) in [6.07, 6.45) is 8.66. The molecule has 0 bridgehead atoms. The van der Waals surface area contributed by atoms with Crippen molar-refractivity contribution in [2.75, 3.05) is 13.1 Å². The minimum absolute atomic E-state index is 0.0642. The van der Waals surface area contributed by atoms with Crippen molar-refractivity contribution in [3.63, 3.8) is 0 Å². The summed E-state index contributed by atoms with van der Waals surface area (Å²) in [5.41, 5.74) is 6.53. The van der Waals surface area contributed by atoms with E-state index < -0.39 is 5.91 Å². The van der Waals surface area contributed by atoms with Gasteiger partial charge in [-0.3, -0.25) is 14.0 Å². The van der Waals surface area contributed by atoms with Gasteiger partial charge in [0.15, 0.2) is 0 Å². The first-order valence-electron chi connectivity index (χ1n) is 8.93. The fourth-order valence-corrected chi connectivity index (χ4v) is 3.76. The SMILES string of the molecule is Cc1nc2ncccn2c1C(=O)N1CCC[C@@H](c2nccn2CC(N)=O)C1. The van der Waals surface area contributed by atoms with E-state index in [1.165, 1.54) is 0 Å². The van der Waals surface area contributed by atoms with Gasteiger partial charge in [0.2, 0.25) is 11.7 Å². The van der Waals surface area contributed by atoms with E-state index in [0.717, 1.165) is 18.7 Å². The van der Waals surface area contributed by atoms with Gasteiger partial charge < -0.3 is 15.2 Å². The topological polar surface area (TPSA) is 111 Å². The Hall–Kier alpha value is -3.23. The predicted octanol–water partition coefficient (Wildman–Crippen LogP) is 0.739. The molecule has 1 aliphatic rings. The summed E-state index contributed by atoms with van der Waals surface area (Å²) in [5.74, 6) is 0.902. The van der Waals surface area contributed by atoms with Crippen LogP contribution in [0.5, 0.6) is 0 Å². The van der Waals surface area contributed by atoms with Crippen LogP contribution in [0.15, 0.2) is 30.9 Å². The molecule has 2 amide bonds. The molecule has 3 aromatic heterocycles. The summed E-state index contributed by atoms with van der Waals surface area (Å²) in [6, 6.07) is 1.78. The molecule has 3 aromatic rings. The van der Waals surface area contributed by atoms with E-state index in [9.17, 15) is 9.59 Å². The Kier molecular flexibility index (Phi) is 4.35. The van der Waals surface area contributed by atoms with E-state index in [4.69, 9.17) is 5.73 Å². The standard InChI is InChI=1S/C18H21N7O2/c1-12-15(25-8-3-5-21-18(25)22-12)17(27)24-7-2-4-13(10-24)16-20-6-9-23(16)11-14(19)26/h3,5-6,8-9,13H,2,4,7,10-11H2,1H3,(H2,19,26)/t13-/m1/s1. The van der Waals surface area contributed by atoms with Crippen molar-refractivity contribution in [3.8, 4) is 0 Å². The van der Waals surface area contributed by atoms with Gasteiger partial charge in [-0.15, -0.1) is 0 Å². The normalized spacial score (nSPS) is 17.4. The maximum absolute atomic E-state index is 13.2. The molecular formula is C18H21N7O2. The van der Waals surface area contributed by atoms with E-state index in [1.54, 1.807) is 39.8 Å². The first-order chi connectivity index (χ1) is 13.0. The van der Waals surface area contributed by atoms with Crippen LogP contribution in [0, 0.1) is 6.92 Å². The molecule has 0 aliphatic carbocycles. The highest BCUT2D eigenvalue weighted by molar-refractivity contribution is 5.94. The molecule has 1 atom stereocenters. The molecule has 0 radical (unpaired) electrons. The molecule has 2 N–H and O–H groups in total. The van der Waals surface area contributed by atoms with Gasteiger partial charge in [-0.05, 0) is 25.8 Å². The molecular weight excluding hydrogens is 346 g/mol. The Bertz CT molecular complexity index is 1010. The summed E-state index contributed by atoms with van der Waals surface area (Å²) in [7, 11) is 0. The summed E-state index contributed by atoms with van der Waals surface area (Å²) in [6.45, 7) is 3.14. The molecule has 0 saturated carbocycles. The molecule has 140 valence electrons. The minimum Gasteiger partial charge on any atom is -0.368 e. The van der Waals surface area contributed by atoms with Gasteiger partial charge >= 0.3 is 0 Å². The quantitative estimate of drug-likeness (QED) is 0.731. The maximum atomic E-state index is 13.2. The van der Waals surface area contributed by atoms with E-state index in [0.29, 0.717) is 30.3 Å². The summed E-state index contributed by atoms with van der Waals surface area (Å²) < 4.78 is 3.50. The molecule has 1 aliphatic heterocycles. The largest absolute Gasteiger partial charge is 0.368 e. The van der Waals surface area contributed by atoms with Crippen LogP contribution >= 0.6 is 0 Å². The van der Waals surface area contributed by atoms with E-state index >= 15 is 0 Å². The Morgan fingerprint density at radius 2 is 2.11 bits per heavy atom. The fourth-order valence-electron chi connectivity index (χ4n) is 3.76. The second-order valence-corrected chi connectivity index (χ2v) is 6.81. The second kappa shape index (κ2) is 6.82.